The van der Waals surface area contributed by atoms with Crippen LogP contribution in [0.2, 0.25) is 5.02 Å². The van der Waals surface area contributed by atoms with Crippen molar-refractivity contribution >= 4 is 50.6 Å². The number of hydrogen-bond acceptors (Lipinski definition) is 3. The summed E-state index contributed by atoms with van der Waals surface area (Å²) in [5.74, 6) is -1.01. The summed E-state index contributed by atoms with van der Waals surface area (Å²) in [6, 6.07) is 12.4. The lowest BCUT2D eigenvalue weighted by Gasteiger charge is -2.18. The SMILES string of the molecule is O=C1C(=O)N(CNc2ccc(Cl)cc2)c2ccc(Br)cc21. The van der Waals surface area contributed by atoms with Gasteiger partial charge >= 0.3 is 5.91 Å². The van der Waals surface area contributed by atoms with Crippen LogP contribution in [0, 0.1) is 0 Å². The Hall–Kier alpha value is -1.85. The molecule has 0 aromatic heterocycles. The molecule has 0 aliphatic carbocycles. The number of hydrogen-bond donors (Lipinski definition) is 1. The number of nitrogens with zero attached hydrogens (tertiary/aromatic N) is 1. The summed E-state index contributed by atoms with van der Waals surface area (Å²) < 4.78 is 0.773. The molecular weight excluding hydrogens is 356 g/mol. The Kier molecular flexibility index (Phi) is 3.69. The molecule has 4 nitrogen and oxygen atoms in total. The van der Waals surface area contributed by atoms with Gasteiger partial charge in [0.2, 0.25) is 0 Å². The first-order chi connectivity index (χ1) is 10.1. The fraction of sp³-hybridized carbons (Fsp3) is 0.0667. The molecule has 1 aliphatic heterocycles. The van der Waals surface area contributed by atoms with Crippen molar-refractivity contribution in [3.8, 4) is 0 Å². The largest absolute Gasteiger partial charge is 0.367 e. The third kappa shape index (κ3) is 2.66. The quantitative estimate of drug-likeness (QED) is 0.844. The summed E-state index contributed by atoms with van der Waals surface area (Å²) in [5.41, 5.74) is 1.87. The summed E-state index contributed by atoms with van der Waals surface area (Å²) in [5, 5.41) is 3.74. The van der Waals surface area contributed by atoms with Crippen molar-refractivity contribution in [2.75, 3.05) is 16.9 Å². The fourth-order valence-electron chi connectivity index (χ4n) is 2.17. The molecule has 1 heterocycles. The molecule has 0 radical (unpaired) electrons. The van der Waals surface area contributed by atoms with Crippen molar-refractivity contribution in [1.82, 2.24) is 0 Å². The number of ketones is 1. The molecule has 106 valence electrons. The lowest BCUT2D eigenvalue weighted by molar-refractivity contribution is -0.114. The number of Topliss-reactive ketones (excluding diaryl/α,β-unsaturated/α-hetero) is 1. The van der Waals surface area contributed by atoms with Gasteiger partial charge in [-0.3, -0.25) is 14.5 Å². The Morgan fingerprint density at radius 2 is 1.81 bits per heavy atom. The topological polar surface area (TPSA) is 49.4 Å². The van der Waals surface area contributed by atoms with Gasteiger partial charge in [0.25, 0.3) is 5.78 Å². The van der Waals surface area contributed by atoms with Gasteiger partial charge in [0.15, 0.2) is 0 Å². The van der Waals surface area contributed by atoms with E-state index in [-0.39, 0.29) is 6.67 Å². The van der Waals surface area contributed by atoms with Crippen LogP contribution in [0.4, 0.5) is 11.4 Å². The highest BCUT2D eigenvalue weighted by Gasteiger charge is 2.35. The van der Waals surface area contributed by atoms with Crippen LogP contribution in [0.3, 0.4) is 0 Å². The lowest BCUT2D eigenvalue weighted by Crippen LogP contribution is -2.34. The Morgan fingerprint density at radius 3 is 2.52 bits per heavy atom. The van der Waals surface area contributed by atoms with Crippen LogP contribution in [0.1, 0.15) is 10.4 Å². The Bertz CT molecular complexity index is 731. The molecule has 1 N–H and O–H groups in total. The lowest BCUT2D eigenvalue weighted by atomic mass is 10.1. The molecule has 2 aromatic carbocycles. The number of amides is 1. The van der Waals surface area contributed by atoms with E-state index in [0.29, 0.717) is 16.3 Å². The first-order valence-electron chi connectivity index (χ1n) is 6.21. The van der Waals surface area contributed by atoms with Crippen LogP contribution < -0.4 is 10.2 Å². The second kappa shape index (κ2) is 5.50. The Morgan fingerprint density at radius 1 is 1.10 bits per heavy atom. The van der Waals surface area contributed by atoms with E-state index < -0.39 is 11.7 Å². The van der Waals surface area contributed by atoms with Crippen molar-refractivity contribution in [3.63, 3.8) is 0 Å². The third-order valence-electron chi connectivity index (χ3n) is 3.22. The number of anilines is 2. The van der Waals surface area contributed by atoms with Gasteiger partial charge in [-0.2, -0.15) is 0 Å². The zero-order valence-electron chi connectivity index (χ0n) is 10.8. The standard InChI is InChI=1S/C15H10BrClN2O2/c16-9-1-6-13-12(7-9)14(20)15(21)19(13)8-18-11-4-2-10(17)3-5-11/h1-7,18H,8H2. The second-order valence-corrected chi connectivity index (χ2v) is 5.92. The van der Waals surface area contributed by atoms with Crippen LogP contribution in [0.5, 0.6) is 0 Å². The molecule has 0 fully saturated rings. The zero-order valence-corrected chi connectivity index (χ0v) is 13.1. The van der Waals surface area contributed by atoms with Crippen LogP contribution in [-0.4, -0.2) is 18.4 Å². The Balaban J connectivity index is 1.82. The van der Waals surface area contributed by atoms with Crippen LogP contribution in [-0.2, 0) is 4.79 Å². The summed E-state index contributed by atoms with van der Waals surface area (Å²) >= 11 is 9.13. The highest BCUT2D eigenvalue weighted by atomic mass is 79.9. The molecule has 0 bridgehead atoms. The van der Waals surface area contributed by atoms with Crippen molar-refractivity contribution in [2.45, 2.75) is 0 Å². The van der Waals surface area contributed by atoms with Crippen molar-refractivity contribution in [3.05, 3.63) is 57.5 Å². The number of fused-ring (bicyclic) bond motifs is 1. The van der Waals surface area contributed by atoms with E-state index in [1.54, 1.807) is 30.3 Å². The number of carbonyl (C=O) groups is 2. The van der Waals surface area contributed by atoms with Crippen LogP contribution in [0.25, 0.3) is 0 Å². The van der Waals surface area contributed by atoms with Gasteiger partial charge in [0.05, 0.1) is 17.9 Å². The van der Waals surface area contributed by atoms with E-state index in [1.807, 2.05) is 12.1 Å². The predicted molar refractivity (Wildman–Crippen MR) is 85.9 cm³/mol. The number of rotatable bonds is 3. The van der Waals surface area contributed by atoms with Crippen molar-refractivity contribution < 1.29 is 9.59 Å². The molecule has 6 heteroatoms. The first-order valence-corrected chi connectivity index (χ1v) is 7.38. The summed E-state index contributed by atoms with van der Waals surface area (Å²) in [7, 11) is 0. The molecule has 0 saturated carbocycles. The van der Waals surface area contributed by atoms with Gasteiger partial charge in [-0.1, -0.05) is 27.5 Å². The molecule has 1 amide bonds. The van der Waals surface area contributed by atoms with Gasteiger partial charge in [-0.05, 0) is 42.5 Å². The van der Waals surface area contributed by atoms with E-state index in [2.05, 4.69) is 21.2 Å². The zero-order chi connectivity index (χ0) is 15.0. The van der Waals surface area contributed by atoms with Gasteiger partial charge in [0, 0.05) is 15.2 Å². The minimum absolute atomic E-state index is 0.223. The second-order valence-electron chi connectivity index (χ2n) is 4.57. The van der Waals surface area contributed by atoms with Gasteiger partial charge in [-0.15, -0.1) is 0 Å². The molecule has 21 heavy (non-hydrogen) atoms. The molecule has 0 unspecified atom stereocenters. The maximum atomic E-state index is 12.0. The number of nitrogens with one attached hydrogen (secondary N) is 1. The van der Waals surface area contributed by atoms with E-state index in [0.717, 1.165) is 10.2 Å². The Labute approximate surface area is 134 Å². The molecule has 0 spiro atoms. The average molecular weight is 366 g/mol. The van der Waals surface area contributed by atoms with Crippen LogP contribution >= 0.6 is 27.5 Å². The third-order valence-corrected chi connectivity index (χ3v) is 3.96. The number of halogens is 2. The van der Waals surface area contributed by atoms with Crippen molar-refractivity contribution in [2.24, 2.45) is 0 Å². The monoisotopic (exact) mass is 364 g/mol. The molecule has 0 saturated heterocycles. The van der Waals surface area contributed by atoms with Crippen LogP contribution in [0.15, 0.2) is 46.9 Å². The maximum Gasteiger partial charge on any atom is 0.300 e. The highest BCUT2D eigenvalue weighted by molar-refractivity contribution is 9.10. The summed E-state index contributed by atoms with van der Waals surface area (Å²) in [4.78, 5) is 25.4. The van der Waals surface area contributed by atoms with E-state index >= 15 is 0 Å². The summed E-state index contributed by atoms with van der Waals surface area (Å²) in [6.07, 6.45) is 0. The van der Waals surface area contributed by atoms with E-state index in [4.69, 9.17) is 11.6 Å². The first kappa shape index (κ1) is 14.1. The number of carbonyl (C=O) groups excluding carboxylic acids is 2. The molecule has 2 aromatic rings. The number of benzene rings is 2. The predicted octanol–water partition coefficient (Wildman–Crippen LogP) is 3.70. The highest BCUT2D eigenvalue weighted by Crippen LogP contribution is 2.31. The van der Waals surface area contributed by atoms with Gasteiger partial charge in [0.1, 0.15) is 0 Å². The van der Waals surface area contributed by atoms with Crippen molar-refractivity contribution in [1.29, 1.82) is 0 Å². The minimum Gasteiger partial charge on any atom is -0.367 e. The molecule has 3 rings (SSSR count). The average Bonchev–Trinajstić information content (AvgIpc) is 2.71. The minimum atomic E-state index is -0.524. The fourth-order valence-corrected chi connectivity index (χ4v) is 2.65. The molecular formula is C15H10BrClN2O2. The molecule has 0 atom stereocenters. The maximum absolute atomic E-state index is 12.0. The van der Waals surface area contributed by atoms with Gasteiger partial charge < -0.3 is 5.32 Å². The normalized spacial score (nSPS) is 13.5. The van der Waals surface area contributed by atoms with E-state index in [9.17, 15) is 9.59 Å². The smallest absolute Gasteiger partial charge is 0.300 e. The summed E-state index contributed by atoms with van der Waals surface area (Å²) in [6.45, 7) is 0.223. The van der Waals surface area contributed by atoms with Gasteiger partial charge in [-0.25, -0.2) is 0 Å². The van der Waals surface area contributed by atoms with E-state index in [1.165, 1.54) is 4.90 Å². The molecule has 1 aliphatic rings.